The molecule has 1 aromatic carbocycles. The van der Waals surface area contributed by atoms with Crippen LogP contribution in [0.1, 0.15) is 42.6 Å². The Kier molecular flexibility index (Phi) is 4.40. The van der Waals surface area contributed by atoms with Gasteiger partial charge in [-0.05, 0) is 43.9 Å². The Bertz CT molecular complexity index is 1580. The average molecular weight is 517 g/mol. The number of nitrogens with zero attached hydrogens (tertiary/aromatic N) is 5. The molecule has 4 aliphatic rings. The normalized spacial score (nSPS) is 30.8. The van der Waals surface area contributed by atoms with E-state index in [4.69, 9.17) is 19.7 Å². The van der Waals surface area contributed by atoms with Gasteiger partial charge in [0.25, 0.3) is 0 Å². The molecule has 38 heavy (non-hydrogen) atoms. The van der Waals surface area contributed by atoms with Crippen molar-refractivity contribution in [3.63, 3.8) is 0 Å². The van der Waals surface area contributed by atoms with Gasteiger partial charge in [-0.1, -0.05) is 18.2 Å². The van der Waals surface area contributed by atoms with E-state index in [1.807, 2.05) is 35.1 Å². The molecule has 3 unspecified atom stereocenters. The zero-order valence-electron chi connectivity index (χ0n) is 20.7. The molecule has 0 amide bonds. The molecule has 3 fully saturated rings. The van der Waals surface area contributed by atoms with Crippen LogP contribution in [-0.2, 0) is 5.60 Å². The number of imidazole rings is 1. The van der Waals surface area contributed by atoms with E-state index in [0.717, 1.165) is 35.9 Å². The number of fused-ring (bicyclic) bond motifs is 3. The number of nitrogens with one attached hydrogen (secondary N) is 1. The molecule has 1 spiro atoms. The number of aromatic nitrogens is 4. The highest BCUT2D eigenvalue weighted by molar-refractivity contribution is 5.65. The molecule has 5 heterocycles. The Balaban J connectivity index is 1.17. The van der Waals surface area contributed by atoms with Crippen molar-refractivity contribution in [2.24, 2.45) is 5.92 Å². The molecule has 5 atom stereocenters. The number of piperidine rings is 1. The fourth-order valence-electron chi connectivity index (χ4n) is 7.03. The van der Waals surface area contributed by atoms with E-state index in [0.29, 0.717) is 40.8 Å². The summed E-state index contributed by atoms with van der Waals surface area (Å²) in [6.45, 7) is 0.765. The summed E-state index contributed by atoms with van der Waals surface area (Å²) in [5, 5.41) is 14.8. The zero-order chi connectivity index (χ0) is 25.8. The van der Waals surface area contributed by atoms with Gasteiger partial charge < -0.3 is 24.5 Å². The lowest BCUT2D eigenvalue weighted by molar-refractivity contribution is -0.0506. The first kappa shape index (κ1) is 22.4. The molecule has 4 aromatic rings. The van der Waals surface area contributed by atoms with E-state index in [9.17, 15) is 13.9 Å². The van der Waals surface area contributed by atoms with Crippen LogP contribution in [-0.4, -0.2) is 55.7 Å². The van der Waals surface area contributed by atoms with Gasteiger partial charge in [0.15, 0.2) is 0 Å². The highest BCUT2D eigenvalue weighted by Crippen LogP contribution is 2.58. The van der Waals surface area contributed by atoms with Crippen molar-refractivity contribution >= 4 is 11.6 Å². The van der Waals surface area contributed by atoms with Gasteiger partial charge in [-0.2, -0.15) is 8.78 Å². The highest BCUT2D eigenvalue weighted by Gasteiger charge is 2.71. The van der Waals surface area contributed by atoms with Crippen LogP contribution in [0.25, 0.3) is 16.8 Å². The van der Waals surface area contributed by atoms with Crippen LogP contribution in [0.2, 0.25) is 0 Å². The number of halogens is 2. The van der Waals surface area contributed by atoms with Crippen LogP contribution < -0.4 is 15.0 Å². The number of anilines is 1. The van der Waals surface area contributed by atoms with Crippen molar-refractivity contribution in [1.82, 2.24) is 24.7 Å². The molecule has 2 aliphatic heterocycles. The lowest BCUT2D eigenvalue weighted by atomic mass is 9.93. The van der Waals surface area contributed by atoms with Gasteiger partial charge in [0.1, 0.15) is 17.0 Å². The van der Waals surface area contributed by atoms with Crippen LogP contribution in [0.3, 0.4) is 0 Å². The quantitative estimate of drug-likeness (QED) is 0.418. The summed E-state index contributed by atoms with van der Waals surface area (Å²) in [6.07, 6.45) is 7.23. The number of benzene rings is 1. The lowest BCUT2D eigenvalue weighted by Crippen LogP contribution is -2.64. The van der Waals surface area contributed by atoms with E-state index in [2.05, 4.69) is 10.2 Å². The van der Waals surface area contributed by atoms with E-state index >= 15 is 0 Å². The molecular weight excluding hydrogens is 490 g/mol. The molecule has 2 saturated heterocycles. The maximum atomic E-state index is 13.2. The standard InChI is InChI=1S/C28H26F2N6O2/c1-27(37)9-19(18-4-2-3-5-20(18)38-25(29)30)23-24(27)34-22-7-6-15(13-36(22)23)16-10-31-26(32-11-16)35-14-17-8-28(17)21(35)12-33-28/h2-7,10-11,13,17,19,21,25,33,37H,8-9,12,14H2,1H3/t17-,19+,21?,27?,28?/m0/s1. The first-order valence-corrected chi connectivity index (χ1v) is 13.0. The number of hydrogen-bond acceptors (Lipinski definition) is 7. The van der Waals surface area contributed by atoms with Crippen molar-refractivity contribution in [2.75, 3.05) is 18.0 Å². The summed E-state index contributed by atoms with van der Waals surface area (Å²) in [6, 6.07) is 11.1. The van der Waals surface area contributed by atoms with Gasteiger partial charge in [0, 0.05) is 59.8 Å². The number of hydrogen-bond donors (Lipinski definition) is 2. The number of ether oxygens (including phenoxy) is 1. The lowest BCUT2D eigenvalue weighted by Gasteiger charge is -2.41. The first-order chi connectivity index (χ1) is 18.3. The Morgan fingerprint density at radius 3 is 2.66 bits per heavy atom. The molecule has 10 heteroatoms. The average Bonchev–Trinajstić information content (AvgIpc) is 3.33. The van der Waals surface area contributed by atoms with Gasteiger partial charge in [-0.3, -0.25) is 0 Å². The van der Waals surface area contributed by atoms with Crippen LogP contribution in [0.5, 0.6) is 5.75 Å². The molecule has 0 radical (unpaired) electrons. The minimum Gasteiger partial charge on any atom is -0.435 e. The Hall–Kier alpha value is -3.63. The third-order valence-electron chi connectivity index (χ3n) is 9.00. The third kappa shape index (κ3) is 3.04. The molecule has 2 N–H and O–H groups in total. The molecule has 0 bridgehead atoms. The van der Waals surface area contributed by atoms with E-state index in [1.54, 1.807) is 25.1 Å². The van der Waals surface area contributed by atoms with Gasteiger partial charge >= 0.3 is 6.61 Å². The number of para-hydroxylation sites is 1. The number of rotatable bonds is 5. The predicted octanol–water partition coefficient (Wildman–Crippen LogP) is 3.69. The van der Waals surface area contributed by atoms with Crippen molar-refractivity contribution in [3.8, 4) is 16.9 Å². The maximum Gasteiger partial charge on any atom is 0.387 e. The smallest absolute Gasteiger partial charge is 0.387 e. The largest absolute Gasteiger partial charge is 0.435 e. The minimum atomic E-state index is -2.94. The SMILES string of the molecule is CC1(O)C[C@H](c2ccccc2OC(F)F)c2c1nc1ccc(-c3cnc(N4C[C@@H]5CC56NCC46)nc3)cn21. The fraction of sp³-hybridized carbons (Fsp3) is 0.393. The van der Waals surface area contributed by atoms with Gasteiger partial charge in [0.2, 0.25) is 5.95 Å². The Morgan fingerprint density at radius 1 is 1.11 bits per heavy atom. The first-order valence-electron chi connectivity index (χ1n) is 13.0. The Morgan fingerprint density at radius 2 is 1.92 bits per heavy atom. The molecule has 8 nitrogen and oxygen atoms in total. The Labute approximate surface area is 217 Å². The van der Waals surface area contributed by atoms with Gasteiger partial charge in [-0.25, -0.2) is 15.0 Å². The number of aliphatic hydroxyl groups is 1. The summed E-state index contributed by atoms with van der Waals surface area (Å²) < 4.78 is 33.1. The van der Waals surface area contributed by atoms with Crippen LogP contribution in [0.15, 0.2) is 55.0 Å². The van der Waals surface area contributed by atoms with Crippen LogP contribution in [0.4, 0.5) is 14.7 Å². The van der Waals surface area contributed by atoms with Crippen LogP contribution in [0, 0.1) is 5.92 Å². The topological polar surface area (TPSA) is 87.8 Å². The second kappa shape index (κ2) is 7.48. The summed E-state index contributed by atoms with van der Waals surface area (Å²) in [5.74, 6) is 1.21. The second-order valence-electron chi connectivity index (χ2n) is 11.2. The van der Waals surface area contributed by atoms with Gasteiger partial charge in [0.05, 0.1) is 17.4 Å². The van der Waals surface area contributed by atoms with E-state index in [1.165, 1.54) is 12.5 Å². The molecule has 2 aliphatic carbocycles. The van der Waals surface area contributed by atoms with Crippen molar-refractivity contribution < 1.29 is 18.6 Å². The summed E-state index contributed by atoms with van der Waals surface area (Å²) in [7, 11) is 0. The second-order valence-corrected chi connectivity index (χ2v) is 11.2. The maximum absolute atomic E-state index is 13.2. The van der Waals surface area contributed by atoms with E-state index < -0.39 is 12.2 Å². The van der Waals surface area contributed by atoms with E-state index in [-0.39, 0.29) is 11.7 Å². The highest BCUT2D eigenvalue weighted by atomic mass is 19.3. The van der Waals surface area contributed by atoms with Gasteiger partial charge in [-0.15, -0.1) is 0 Å². The van der Waals surface area contributed by atoms with Crippen molar-refractivity contribution in [1.29, 1.82) is 0 Å². The predicted molar refractivity (Wildman–Crippen MR) is 135 cm³/mol. The monoisotopic (exact) mass is 516 g/mol. The van der Waals surface area contributed by atoms with Crippen LogP contribution >= 0.6 is 0 Å². The zero-order valence-corrected chi connectivity index (χ0v) is 20.7. The van der Waals surface area contributed by atoms with Crippen molar-refractivity contribution in [2.45, 2.75) is 49.5 Å². The molecule has 194 valence electrons. The molecule has 3 aromatic heterocycles. The summed E-state index contributed by atoms with van der Waals surface area (Å²) >= 11 is 0. The molecule has 1 saturated carbocycles. The number of pyridine rings is 1. The fourth-order valence-corrected chi connectivity index (χ4v) is 7.03. The summed E-state index contributed by atoms with van der Waals surface area (Å²) in [4.78, 5) is 16.5. The molecular formula is C28H26F2N6O2. The summed E-state index contributed by atoms with van der Waals surface area (Å²) in [5.41, 5.74) is 3.46. The molecule has 8 rings (SSSR count). The van der Waals surface area contributed by atoms with Crippen molar-refractivity contribution in [3.05, 3.63) is 71.9 Å². The number of alkyl halides is 2. The minimum absolute atomic E-state index is 0.106. The third-order valence-corrected chi connectivity index (χ3v) is 9.00.